The van der Waals surface area contributed by atoms with E-state index in [2.05, 4.69) is 5.32 Å². The number of imidazole rings is 1. The molecule has 126 valence electrons. The van der Waals surface area contributed by atoms with Crippen molar-refractivity contribution in [2.24, 2.45) is 0 Å². The Bertz CT molecular complexity index is 890. The van der Waals surface area contributed by atoms with Crippen LogP contribution in [0.25, 0.3) is 11.0 Å². The van der Waals surface area contributed by atoms with Crippen LogP contribution in [-0.4, -0.2) is 21.1 Å². The van der Waals surface area contributed by atoms with Gasteiger partial charge in [0.1, 0.15) is 12.3 Å². The normalized spacial score (nSPS) is 12.4. The number of nitrogens with zero attached hydrogens (tertiary/aromatic N) is 2. The van der Waals surface area contributed by atoms with Gasteiger partial charge in [-0.3, -0.25) is 13.9 Å². The molecule has 0 aliphatic carbocycles. The predicted molar refractivity (Wildman–Crippen MR) is 91.9 cm³/mol. The van der Waals surface area contributed by atoms with Gasteiger partial charge in [0, 0.05) is 19.0 Å². The van der Waals surface area contributed by atoms with Gasteiger partial charge in [-0.05, 0) is 38.1 Å². The standard InChI is InChI=1S/C18H21N3O3/c1-3-20-15-8-4-5-9-16(15)21(18(20)23)12-17(22)19-13(2)11-14-7-6-10-24-14/h4-10,13H,3,11-12H2,1-2H3,(H,19,22)/t13-/m0/s1. The Morgan fingerprint density at radius 3 is 2.50 bits per heavy atom. The van der Waals surface area contributed by atoms with E-state index in [0.29, 0.717) is 13.0 Å². The second-order valence-electron chi connectivity index (χ2n) is 5.85. The van der Waals surface area contributed by atoms with E-state index in [1.807, 2.05) is 50.2 Å². The van der Waals surface area contributed by atoms with Crippen LogP contribution < -0.4 is 11.0 Å². The minimum absolute atomic E-state index is 0.00877. The van der Waals surface area contributed by atoms with Gasteiger partial charge in [0.15, 0.2) is 0 Å². The van der Waals surface area contributed by atoms with Crippen molar-refractivity contribution in [2.75, 3.05) is 0 Å². The van der Waals surface area contributed by atoms with Crippen molar-refractivity contribution in [3.63, 3.8) is 0 Å². The zero-order chi connectivity index (χ0) is 17.1. The molecule has 0 unspecified atom stereocenters. The number of rotatable bonds is 6. The highest BCUT2D eigenvalue weighted by Crippen LogP contribution is 2.12. The molecule has 0 aliphatic heterocycles. The monoisotopic (exact) mass is 327 g/mol. The molecule has 6 heteroatoms. The number of para-hydroxylation sites is 2. The third kappa shape index (κ3) is 3.13. The molecule has 6 nitrogen and oxygen atoms in total. The highest BCUT2D eigenvalue weighted by atomic mass is 16.3. The summed E-state index contributed by atoms with van der Waals surface area (Å²) in [5.41, 5.74) is 1.46. The highest BCUT2D eigenvalue weighted by Gasteiger charge is 2.16. The molecule has 3 rings (SSSR count). The summed E-state index contributed by atoms with van der Waals surface area (Å²) in [6.07, 6.45) is 2.23. The topological polar surface area (TPSA) is 69.2 Å². The van der Waals surface area contributed by atoms with E-state index in [0.717, 1.165) is 16.8 Å². The lowest BCUT2D eigenvalue weighted by atomic mass is 10.2. The average molecular weight is 327 g/mol. The van der Waals surface area contributed by atoms with Crippen LogP contribution in [0.2, 0.25) is 0 Å². The fourth-order valence-corrected chi connectivity index (χ4v) is 2.98. The van der Waals surface area contributed by atoms with E-state index >= 15 is 0 Å². The molecule has 0 aliphatic rings. The van der Waals surface area contributed by atoms with Gasteiger partial charge in [0.05, 0.1) is 17.3 Å². The largest absolute Gasteiger partial charge is 0.469 e. The molecule has 0 saturated carbocycles. The smallest absolute Gasteiger partial charge is 0.329 e. The fourth-order valence-electron chi connectivity index (χ4n) is 2.98. The molecule has 0 radical (unpaired) electrons. The molecule has 1 aromatic carbocycles. The Labute approximate surface area is 139 Å². The molecule has 2 heterocycles. The highest BCUT2D eigenvalue weighted by molar-refractivity contribution is 5.81. The van der Waals surface area contributed by atoms with Crippen molar-refractivity contribution >= 4 is 16.9 Å². The number of aromatic nitrogens is 2. The Hall–Kier alpha value is -2.76. The Balaban J connectivity index is 1.76. The second-order valence-corrected chi connectivity index (χ2v) is 5.85. The van der Waals surface area contributed by atoms with E-state index in [1.54, 1.807) is 10.8 Å². The number of hydrogen-bond acceptors (Lipinski definition) is 3. The van der Waals surface area contributed by atoms with Crippen molar-refractivity contribution in [3.05, 3.63) is 58.9 Å². The van der Waals surface area contributed by atoms with Crippen LogP contribution in [0.5, 0.6) is 0 Å². The lowest BCUT2D eigenvalue weighted by molar-refractivity contribution is -0.122. The SMILES string of the molecule is CCn1c(=O)n(CC(=O)N[C@@H](C)Cc2ccco2)c2ccccc21. The Morgan fingerprint density at radius 2 is 1.88 bits per heavy atom. The van der Waals surface area contributed by atoms with Crippen molar-refractivity contribution in [2.45, 2.75) is 39.4 Å². The zero-order valence-electron chi connectivity index (χ0n) is 13.9. The lowest BCUT2D eigenvalue weighted by Crippen LogP contribution is -2.38. The number of furan rings is 1. The van der Waals surface area contributed by atoms with Crippen LogP contribution >= 0.6 is 0 Å². The number of hydrogen-bond donors (Lipinski definition) is 1. The summed E-state index contributed by atoms with van der Waals surface area (Å²) in [6, 6.07) is 11.2. The van der Waals surface area contributed by atoms with Crippen LogP contribution in [-0.2, 0) is 24.3 Å². The number of carbonyl (C=O) groups excluding carboxylic acids is 1. The number of aryl methyl sites for hydroxylation is 1. The maximum absolute atomic E-state index is 12.5. The van der Waals surface area contributed by atoms with Crippen LogP contribution in [0.3, 0.4) is 0 Å². The van der Waals surface area contributed by atoms with Crippen LogP contribution in [0.4, 0.5) is 0 Å². The first-order valence-electron chi connectivity index (χ1n) is 8.10. The lowest BCUT2D eigenvalue weighted by Gasteiger charge is -2.12. The van der Waals surface area contributed by atoms with Crippen molar-refractivity contribution in [1.82, 2.24) is 14.5 Å². The molecule has 1 atom stereocenters. The summed E-state index contributed by atoms with van der Waals surface area (Å²) < 4.78 is 8.49. The molecule has 3 aromatic rings. The summed E-state index contributed by atoms with van der Waals surface area (Å²) in [4.78, 5) is 24.9. The summed E-state index contributed by atoms with van der Waals surface area (Å²) in [5.74, 6) is 0.637. The molecular formula is C18H21N3O3. The summed E-state index contributed by atoms with van der Waals surface area (Å²) in [6.45, 7) is 4.42. The predicted octanol–water partition coefficient (Wildman–Crippen LogP) is 2.16. The number of benzene rings is 1. The van der Waals surface area contributed by atoms with Gasteiger partial charge in [-0.2, -0.15) is 0 Å². The van der Waals surface area contributed by atoms with Gasteiger partial charge in [-0.15, -0.1) is 0 Å². The van der Waals surface area contributed by atoms with Crippen LogP contribution in [0.15, 0.2) is 51.9 Å². The molecule has 0 spiro atoms. The van der Waals surface area contributed by atoms with Crippen LogP contribution in [0, 0.1) is 0 Å². The van der Waals surface area contributed by atoms with Gasteiger partial charge in [0.25, 0.3) is 0 Å². The first-order valence-corrected chi connectivity index (χ1v) is 8.10. The van der Waals surface area contributed by atoms with Crippen molar-refractivity contribution < 1.29 is 9.21 Å². The van der Waals surface area contributed by atoms with E-state index in [9.17, 15) is 9.59 Å². The quantitative estimate of drug-likeness (QED) is 0.754. The van der Waals surface area contributed by atoms with Gasteiger partial charge in [-0.1, -0.05) is 12.1 Å². The second kappa shape index (κ2) is 6.78. The molecule has 2 aromatic heterocycles. The Kier molecular flexibility index (Phi) is 4.55. The van der Waals surface area contributed by atoms with Crippen molar-refractivity contribution in [1.29, 1.82) is 0 Å². The zero-order valence-corrected chi connectivity index (χ0v) is 13.9. The molecule has 1 amide bonds. The molecular weight excluding hydrogens is 306 g/mol. The average Bonchev–Trinajstić information content (AvgIpc) is 3.14. The van der Waals surface area contributed by atoms with E-state index in [-0.39, 0.29) is 24.2 Å². The number of carbonyl (C=O) groups is 1. The number of nitrogens with one attached hydrogen (secondary N) is 1. The minimum atomic E-state index is -0.185. The maximum Gasteiger partial charge on any atom is 0.329 e. The van der Waals surface area contributed by atoms with Gasteiger partial charge in [-0.25, -0.2) is 4.79 Å². The van der Waals surface area contributed by atoms with Crippen LogP contribution in [0.1, 0.15) is 19.6 Å². The maximum atomic E-state index is 12.5. The molecule has 0 fully saturated rings. The number of amides is 1. The first-order chi connectivity index (χ1) is 11.6. The van der Waals surface area contributed by atoms with Gasteiger partial charge < -0.3 is 9.73 Å². The van der Waals surface area contributed by atoms with E-state index in [1.165, 1.54) is 4.57 Å². The van der Waals surface area contributed by atoms with Gasteiger partial charge in [0.2, 0.25) is 5.91 Å². The molecule has 0 bridgehead atoms. The summed E-state index contributed by atoms with van der Waals surface area (Å²) in [5, 5.41) is 2.92. The third-order valence-corrected chi connectivity index (χ3v) is 4.04. The first kappa shape index (κ1) is 16.1. The summed E-state index contributed by atoms with van der Waals surface area (Å²) in [7, 11) is 0. The van der Waals surface area contributed by atoms with Crippen molar-refractivity contribution in [3.8, 4) is 0 Å². The molecule has 0 saturated heterocycles. The fraction of sp³-hybridized carbons (Fsp3) is 0.333. The minimum Gasteiger partial charge on any atom is -0.469 e. The molecule has 1 N–H and O–H groups in total. The van der Waals surface area contributed by atoms with E-state index < -0.39 is 0 Å². The Morgan fingerprint density at radius 1 is 1.17 bits per heavy atom. The number of fused-ring (bicyclic) bond motifs is 1. The van der Waals surface area contributed by atoms with E-state index in [4.69, 9.17) is 4.42 Å². The third-order valence-electron chi connectivity index (χ3n) is 4.04. The summed E-state index contributed by atoms with van der Waals surface area (Å²) >= 11 is 0. The van der Waals surface area contributed by atoms with Gasteiger partial charge >= 0.3 is 5.69 Å². The molecule has 24 heavy (non-hydrogen) atoms.